The molecule has 0 aromatic carbocycles. The van der Waals surface area contributed by atoms with E-state index in [9.17, 15) is 9.90 Å². The number of methoxy groups -OCH3 is 1. The van der Waals surface area contributed by atoms with Crippen LogP contribution in [0.2, 0.25) is 0 Å². The molecule has 0 aliphatic heterocycles. The molecule has 0 aliphatic carbocycles. The predicted octanol–water partition coefficient (Wildman–Crippen LogP) is 1.76. The third-order valence-corrected chi connectivity index (χ3v) is 3.19. The van der Waals surface area contributed by atoms with Crippen LogP contribution in [0.15, 0.2) is 16.8 Å². The lowest BCUT2D eigenvalue weighted by atomic mass is 9.86. The van der Waals surface area contributed by atoms with Crippen molar-refractivity contribution in [3.63, 3.8) is 0 Å². The van der Waals surface area contributed by atoms with Crippen LogP contribution in [0.4, 0.5) is 0 Å². The van der Waals surface area contributed by atoms with Gasteiger partial charge in [0.25, 0.3) is 0 Å². The van der Waals surface area contributed by atoms with Crippen molar-refractivity contribution in [3.05, 3.63) is 22.4 Å². The predicted molar refractivity (Wildman–Crippen MR) is 55.1 cm³/mol. The van der Waals surface area contributed by atoms with E-state index in [0.29, 0.717) is 0 Å². The molecule has 1 aromatic rings. The van der Waals surface area contributed by atoms with E-state index < -0.39 is 17.5 Å². The Morgan fingerprint density at radius 2 is 2.36 bits per heavy atom. The largest absolute Gasteiger partial charge is 0.469 e. The normalized spacial score (nSPS) is 17.1. The van der Waals surface area contributed by atoms with Crippen LogP contribution in [0.5, 0.6) is 0 Å². The molecule has 0 fully saturated rings. The molecule has 14 heavy (non-hydrogen) atoms. The lowest BCUT2D eigenvalue weighted by Gasteiger charge is -2.27. The third-order valence-electron chi connectivity index (χ3n) is 2.50. The molecule has 78 valence electrons. The molecule has 0 radical (unpaired) electrons. The van der Waals surface area contributed by atoms with Gasteiger partial charge in [-0.15, -0.1) is 0 Å². The Morgan fingerprint density at radius 3 is 2.79 bits per heavy atom. The van der Waals surface area contributed by atoms with Crippen molar-refractivity contribution in [1.82, 2.24) is 0 Å². The molecule has 0 spiro atoms. The molecule has 1 rings (SSSR count). The molecule has 0 unspecified atom stereocenters. The van der Waals surface area contributed by atoms with E-state index in [1.54, 1.807) is 13.8 Å². The first-order chi connectivity index (χ1) is 6.50. The Hall–Kier alpha value is -0.870. The summed E-state index contributed by atoms with van der Waals surface area (Å²) in [5, 5.41) is 13.9. The van der Waals surface area contributed by atoms with Crippen molar-refractivity contribution in [2.45, 2.75) is 19.4 Å². The van der Waals surface area contributed by atoms with Crippen LogP contribution < -0.4 is 0 Å². The standard InChI is InChI=1S/C10H14O3S/c1-7(9(11)13-3)10(2,12)8-4-5-14-6-8/h4-7,12H,1-3H3/t7-,10+/m1/s1. The van der Waals surface area contributed by atoms with Gasteiger partial charge in [-0.05, 0) is 36.2 Å². The minimum absolute atomic E-state index is 0.402. The lowest BCUT2D eigenvalue weighted by Crippen LogP contribution is -2.35. The van der Waals surface area contributed by atoms with E-state index in [-0.39, 0.29) is 0 Å². The van der Waals surface area contributed by atoms with Gasteiger partial charge in [0.05, 0.1) is 13.0 Å². The molecular weight excluding hydrogens is 200 g/mol. The number of thiophene rings is 1. The summed E-state index contributed by atoms with van der Waals surface area (Å²) in [5.41, 5.74) is -0.409. The van der Waals surface area contributed by atoms with Crippen molar-refractivity contribution in [2.24, 2.45) is 5.92 Å². The van der Waals surface area contributed by atoms with E-state index in [1.165, 1.54) is 18.4 Å². The third kappa shape index (κ3) is 1.96. The summed E-state index contributed by atoms with van der Waals surface area (Å²) in [5.74, 6) is -0.969. The highest BCUT2D eigenvalue weighted by atomic mass is 32.1. The zero-order chi connectivity index (χ0) is 10.8. The highest BCUT2D eigenvalue weighted by molar-refractivity contribution is 7.08. The van der Waals surface area contributed by atoms with E-state index >= 15 is 0 Å². The summed E-state index contributed by atoms with van der Waals surface area (Å²) in [7, 11) is 1.32. The molecular formula is C10H14O3S. The number of rotatable bonds is 3. The molecule has 0 bridgehead atoms. The van der Waals surface area contributed by atoms with Gasteiger partial charge >= 0.3 is 5.97 Å². The van der Waals surface area contributed by atoms with Gasteiger partial charge in [-0.1, -0.05) is 0 Å². The summed E-state index contributed by atoms with van der Waals surface area (Å²) >= 11 is 1.49. The number of carbonyl (C=O) groups is 1. The van der Waals surface area contributed by atoms with Gasteiger partial charge in [0.1, 0.15) is 5.60 Å². The highest BCUT2D eigenvalue weighted by Crippen LogP contribution is 2.31. The fourth-order valence-corrected chi connectivity index (χ4v) is 1.98. The summed E-state index contributed by atoms with van der Waals surface area (Å²) in [4.78, 5) is 11.3. The number of carbonyl (C=O) groups excluding carboxylic acids is 1. The van der Waals surface area contributed by atoms with Crippen LogP contribution in [-0.2, 0) is 15.1 Å². The summed E-state index contributed by atoms with van der Waals surface area (Å²) in [6.45, 7) is 3.28. The minimum atomic E-state index is -1.16. The van der Waals surface area contributed by atoms with Crippen molar-refractivity contribution >= 4 is 17.3 Å². The van der Waals surface area contributed by atoms with E-state index in [2.05, 4.69) is 4.74 Å². The van der Waals surface area contributed by atoms with Crippen LogP contribution in [0.25, 0.3) is 0 Å². The second-order valence-corrected chi connectivity index (χ2v) is 4.18. The maximum Gasteiger partial charge on any atom is 0.311 e. The van der Waals surface area contributed by atoms with Crippen molar-refractivity contribution in [1.29, 1.82) is 0 Å². The molecule has 0 amide bonds. The van der Waals surface area contributed by atoms with Crippen molar-refractivity contribution < 1.29 is 14.6 Å². The SMILES string of the molecule is COC(=O)[C@@H](C)[C@](C)(O)c1ccsc1. The fourth-order valence-electron chi connectivity index (χ4n) is 1.21. The first kappa shape index (κ1) is 11.2. The zero-order valence-corrected chi connectivity index (χ0v) is 9.30. The van der Waals surface area contributed by atoms with Gasteiger partial charge in [0.2, 0.25) is 0 Å². The van der Waals surface area contributed by atoms with Gasteiger partial charge < -0.3 is 9.84 Å². The van der Waals surface area contributed by atoms with Crippen LogP contribution in [0.1, 0.15) is 19.4 Å². The number of hydrogen-bond donors (Lipinski definition) is 1. The van der Waals surface area contributed by atoms with Crippen LogP contribution in [0.3, 0.4) is 0 Å². The number of aliphatic hydroxyl groups is 1. The monoisotopic (exact) mass is 214 g/mol. The molecule has 0 saturated heterocycles. The Labute approximate surface area is 87.3 Å². The average Bonchev–Trinajstić information content (AvgIpc) is 2.68. The maximum absolute atomic E-state index is 11.3. The van der Waals surface area contributed by atoms with Crippen LogP contribution >= 0.6 is 11.3 Å². The molecule has 3 nitrogen and oxygen atoms in total. The van der Waals surface area contributed by atoms with Crippen LogP contribution in [0, 0.1) is 5.92 Å². The van der Waals surface area contributed by atoms with Gasteiger partial charge in [0, 0.05) is 0 Å². The Bertz CT molecular complexity index is 303. The molecule has 1 heterocycles. The van der Waals surface area contributed by atoms with Crippen LogP contribution in [-0.4, -0.2) is 18.2 Å². The Morgan fingerprint density at radius 1 is 1.71 bits per heavy atom. The number of ether oxygens (including phenoxy) is 1. The first-order valence-electron chi connectivity index (χ1n) is 4.33. The molecule has 0 aliphatic rings. The van der Waals surface area contributed by atoms with Crippen molar-refractivity contribution in [3.8, 4) is 0 Å². The second-order valence-electron chi connectivity index (χ2n) is 3.40. The highest BCUT2D eigenvalue weighted by Gasteiger charge is 2.36. The Balaban J connectivity index is 2.90. The fraction of sp³-hybridized carbons (Fsp3) is 0.500. The molecule has 1 aromatic heterocycles. The molecule has 0 saturated carbocycles. The average molecular weight is 214 g/mol. The number of esters is 1. The quantitative estimate of drug-likeness (QED) is 0.780. The summed E-state index contributed by atoms with van der Waals surface area (Å²) in [6, 6.07) is 1.81. The maximum atomic E-state index is 11.3. The smallest absolute Gasteiger partial charge is 0.311 e. The summed E-state index contributed by atoms with van der Waals surface area (Å²) < 4.78 is 4.60. The molecule has 4 heteroatoms. The molecule has 1 N–H and O–H groups in total. The van der Waals surface area contributed by atoms with E-state index in [0.717, 1.165) is 5.56 Å². The number of hydrogen-bond acceptors (Lipinski definition) is 4. The first-order valence-corrected chi connectivity index (χ1v) is 5.27. The van der Waals surface area contributed by atoms with Crippen molar-refractivity contribution in [2.75, 3.05) is 7.11 Å². The van der Waals surface area contributed by atoms with E-state index in [4.69, 9.17) is 0 Å². The van der Waals surface area contributed by atoms with Gasteiger partial charge in [-0.2, -0.15) is 11.3 Å². The molecule has 2 atom stereocenters. The van der Waals surface area contributed by atoms with Gasteiger partial charge in [-0.25, -0.2) is 0 Å². The van der Waals surface area contributed by atoms with Gasteiger partial charge in [-0.3, -0.25) is 4.79 Å². The summed E-state index contributed by atoms with van der Waals surface area (Å²) in [6.07, 6.45) is 0. The Kier molecular flexibility index (Phi) is 3.29. The van der Waals surface area contributed by atoms with E-state index in [1.807, 2.05) is 16.8 Å². The second kappa shape index (κ2) is 4.11. The zero-order valence-electron chi connectivity index (χ0n) is 8.48. The topological polar surface area (TPSA) is 46.5 Å². The lowest BCUT2D eigenvalue weighted by molar-refractivity contribution is -0.154. The van der Waals surface area contributed by atoms with Gasteiger partial charge in [0.15, 0.2) is 0 Å². The minimum Gasteiger partial charge on any atom is -0.469 e.